The van der Waals surface area contributed by atoms with Crippen molar-refractivity contribution in [2.75, 3.05) is 5.73 Å². The van der Waals surface area contributed by atoms with E-state index in [0.29, 0.717) is 5.92 Å². The van der Waals surface area contributed by atoms with Crippen molar-refractivity contribution in [2.45, 2.75) is 51.0 Å². The molecule has 4 nitrogen and oxygen atoms in total. The lowest BCUT2D eigenvalue weighted by Gasteiger charge is -2.34. The lowest BCUT2D eigenvalue weighted by Crippen LogP contribution is -2.43. The summed E-state index contributed by atoms with van der Waals surface area (Å²) in [4.78, 5) is 0.0318. The number of rotatable bonds is 3. The van der Waals surface area contributed by atoms with Crippen LogP contribution in [0.3, 0.4) is 0 Å². The van der Waals surface area contributed by atoms with Gasteiger partial charge in [0.1, 0.15) is 5.82 Å². The van der Waals surface area contributed by atoms with Gasteiger partial charge in [-0.15, -0.1) is 0 Å². The minimum absolute atomic E-state index is 0.0318. The van der Waals surface area contributed by atoms with E-state index in [1.54, 1.807) is 0 Å². The molecule has 1 aromatic rings. The fourth-order valence-corrected chi connectivity index (χ4v) is 4.41. The van der Waals surface area contributed by atoms with Gasteiger partial charge in [0.25, 0.3) is 0 Å². The van der Waals surface area contributed by atoms with Crippen LogP contribution in [-0.4, -0.2) is 14.5 Å². The van der Waals surface area contributed by atoms with E-state index in [1.165, 1.54) is 19.1 Å². The Morgan fingerprint density at radius 3 is 2.57 bits per heavy atom. The Bertz CT molecular complexity index is 608. The van der Waals surface area contributed by atoms with E-state index >= 15 is 0 Å². The van der Waals surface area contributed by atoms with Crippen LogP contribution in [0, 0.1) is 24.6 Å². The molecule has 0 bridgehead atoms. The van der Waals surface area contributed by atoms with Crippen molar-refractivity contribution < 1.29 is 12.8 Å². The molecule has 3 unspecified atom stereocenters. The fourth-order valence-electron chi connectivity index (χ4n) is 2.93. The maximum absolute atomic E-state index is 13.5. The van der Waals surface area contributed by atoms with Crippen LogP contribution in [0.5, 0.6) is 0 Å². The van der Waals surface area contributed by atoms with Gasteiger partial charge in [0.15, 0.2) is 0 Å². The number of nitrogens with two attached hydrogens (primary N) is 1. The largest absolute Gasteiger partial charge is 0.396 e. The van der Waals surface area contributed by atoms with Crippen LogP contribution in [0.4, 0.5) is 10.1 Å². The molecular formula is C15H23FN2O2S. The van der Waals surface area contributed by atoms with Crippen molar-refractivity contribution in [2.24, 2.45) is 11.8 Å². The summed E-state index contributed by atoms with van der Waals surface area (Å²) in [6, 6.07) is 2.43. The van der Waals surface area contributed by atoms with Gasteiger partial charge >= 0.3 is 0 Å². The molecule has 0 amide bonds. The number of hydrogen-bond donors (Lipinski definition) is 2. The highest BCUT2D eigenvalue weighted by atomic mass is 32.2. The number of benzene rings is 1. The lowest BCUT2D eigenvalue weighted by molar-refractivity contribution is 0.227. The third-order valence-corrected chi connectivity index (χ3v) is 6.05. The highest BCUT2D eigenvalue weighted by Crippen LogP contribution is 2.31. The number of nitrogen functional groups attached to an aromatic ring is 1. The summed E-state index contributed by atoms with van der Waals surface area (Å²) in [5.41, 5.74) is 5.63. The number of halogens is 1. The summed E-state index contributed by atoms with van der Waals surface area (Å²) < 4.78 is 41.2. The Balaban J connectivity index is 2.26. The molecule has 1 fully saturated rings. The minimum atomic E-state index is -3.67. The number of sulfonamides is 1. The first kappa shape index (κ1) is 16.2. The molecule has 1 saturated carbocycles. The van der Waals surface area contributed by atoms with E-state index in [0.717, 1.165) is 19.3 Å². The van der Waals surface area contributed by atoms with E-state index < -0.39 is 15.8 Å². The molecular weight excluding hydrogens is 291 g/mol. The lowest BCUT2D eigenvalue weighted by atomic mass is 9.78. The van der Waals surface area contributed by atoms with Gasteiger partial charge in [-0.3, -0.25) is 0 Å². The molecule has 0 radical (unpaired) electrons. The Morgan fingerprint density at radius 2 is 1.95 bits per heavy atom. The van der Waals surface area contributed by atoms with Crippen molar-refractivity contribution >= 4 is 15.7 Å². The zero-order chi connectivity index (χ0) is 15.8. The number of aryl methyl sites for hydroxylation is 1. The van der Waals surface area contributed by atoms with Crippen LogP contribution in [0.1, 0.15) is 38.7 Å². The molecule has 0 aliphatic heterocycles. The van der Waals surface area contributed by atoms with Gasteiger partial charge in [0.2, 0.25) is 10.0 Å². The molecule has 3 atom stereocenters. The van der Waals surface area contributed by atoms with E-state index in [9.17, 15) is 12.8 Å². The predicted octanol–water partition coefficient (Wildman–Crippen LogP) is 2.82. The zero-order valence-electron chi connectivity index (χ0n) is 12.7. The molecule has 1 aliphatic carbocycles. The average Bonchev–Trinajstić information content (AvgIpc) is 2.40. The van der Waals surface area contributed by atoms with Crippen LogP contribution < -0.4 is 10.5 Å². The first-order valence-electron chi connectivity index (χ1n) is 7.30. The summed E-state index contributed by atoms with van der Waals surface area (Å²) >= 11 is 0. The summed E-state index contributed by atoms with van der Waals surface area (Å²) in [7, 11) is -3.67. The van der Waals surface area contributed by atoms with E-state index in [2.05, 4.69) is 18.6 Å². The predicted molar refractivity (Wildman–Crippen MR) is 81.8 cm³/mol. The van der Waals surface area contributed by atoms with Crippen molar-refractivity contribution in [3.8, 4) is 0 Å². The topological polar surface area (TPSA) is 72.2 Å². The van der Waals surface area contributed by atoms with Crippen molar-refractivity contribution in [3.63, 3.8) is 0 Å². The molecule has 0 heterocycles. The molecule has 3 N–H and O–H groups in total. The second-order valence-corrected chi connectivity index (χ2v) is 7.85. The minimum Gasteiger partial charge on any atom is -0.396 e. The Morgan fingerprint density at radius 1 is 1.29 bits per heavy atom. The molecule has 6 heteroatoms. The molecule has 0 saturated heterocycles. The van der Waals surface area contributed by atoms with Crippen LogP contribution >= 0.6 is 0 Å². The third kappa shape index (κ3) is 3.37. The maximum Gasteiger partial charge on any atom is 0.240 e. The third-order valence-electron chi connectivity index (χ3n) is 4.58. The van der Waals surface area contributed by atoms with Crippen LogP contribution in [0.15, 0.2) is 17.0 Å². The Labute approximate surface area is 126 Å². The van der Waals surface area contributed by atoms with Gasteiger partial charge in [-0.2, -0.15) is 0 Å². The van der Waals surface area contributed by atoms with Crippen molar-refractivity contribution in [1.82, 2.24) is 4.72 Å². The van der Waals surface area contributed by atoms with Crippen molar-refractivity contribution in [3.05, 3.63) is 23.5 Å². The Kier molecular flexibility index (Phi) is 4.58. The van der Waals surface area contributed by atoms with Gasteiger partial charge < -0.3 is 5.73 Å². The Hall–Kier alpha value is -1.14. The quantitative estimate of drug-likeness (QED) is 0.843. The number of anilines is 1. The van der Waals surface area contributed by atoms with Gasteiger partial charge in [0.05, 0.1) is 10.6 Å². The molecule has 2 rings (SSSR count). The van der Waals surface area contributed by atoms with Crippen LogP contribution in [0.2, 0.25) is 0 Å². The second kappa shape index (κ2) is 5.93. The molecule has 21 heavy (non-hydrogen) atoms. The molecule has 0 spiro atoms. The SMILES string of the molecule is Cc1cc(S(=O)(=O)NC2CCCC(C)C2C)cc(N)c1F. The molecule has 118 valence electrons. The summed E-state index contributed by atoms with van der Waals surface area (Å²) in [5.74, 6) is 0.215. The van der Waals surface area contributed by atoms with E-state index in [-0.39, 0.29) is 28.1 Å². The van der Waals surface area contributed by atoms with Gasteiger partial charge in [-0.25, -0.2) is 17.5 Å². The first-order chi connectivity index (χ1) is 9.72. The molecule has 1 aliphatic rings. The number of nitrogens with one attached hydrogen (secondary N) is 1. The highest BCUT2D eigenvalue weighted by molar-refractivity contribution is 7.89. The molecule has 0 aromatic heterocycles. The maximum atomic E-state index is 13.5. The first-order valence-corrected chi connectivity index (χ1v) is 8.78. The second-order valence-electron chi connectivity index (χ2n) is 6.14. The van der Waals surface area contributed by atoms with Crippen LogP contribution in [-0.2, 0) is 10.0 Å². The van der Waals surface area contributed by atoms with E-state index in [1.807, 2.05) is 0 Å². The monoisotopic (exact) mass is 314 g/mol. The molecule has 1 aromatic carbocycles. The normalized spacial score (nSPS) is 26.8. The van der Waals surface area contributed by atoms with Crippen molar-refractivity contribution in [1.29, 1.82) is 0 Å². The summed E-state index contributed by atoms with van der Waals surface area (Å²) in [6.45, 7) is 5.72. The standard InChI is InChI=1S/C15H23FN2O2S/c1-9-5-4-6-14(11(9)3)18-21(19,20)12-7-10(2)15(16)13(17)8-12/h7-9,11,14,18H,4-6,17H2,1-3H3. The summed E-state index contributed by atoms with van der Waals surface area (Å²) in [5, 5.41) is 0. The smallest absolute Gasteiger partial charge is 0.240 e. The highest BCUT2D eigenvalue weighted by Gasteiger charge is 2.31. The zero-order valence-corrected chi connectivity index (χ0v) is 13.5. The van der Waals surface area contributed by atoms with E-state index in [4.69, 9.17) is 5.73 Å². The average molecular weight is 314 g/mol. The van der Waals surface area contributed by atoms with Crippen LogP contribution in [0.25, 0.3) is 0 Å². The number of hydrogen-bond acceptors (Lipinski definition) is 3. The van der Waals surface area contributed by atoms with Gasteiger partial charge in [0, 0.05) is 6.04 Å². The fraction of sp³-hybridized carbons (Fsp3) is 0.600. The summed E-state index contributed by atoms with van der Waals surface area (Å²) in [6.07, 6.45) is 2.98. The van der Waals surface area contributed by atoms with Gasteiger partial charge in [-0.1, -0.05) is 26.7 Å². The van der Waals surface area contributed by atoms with Gasteiger partial charge in [-0.05, 0) is 42.9 Å².